The van der Waals surface area contributed by atoms with Crippen LogP contribution >= 0.6 is 0 Å². The third-order valence-electron chi connectivity index (χ3n) is 3.65. The maximum absolute atomic E-state index is 12.2. The molecule has 2 rings (SSSR count). The molecule has 0 radical (unpaired) electrons. The summed E-state index contributed by atoms with van der Waals surface area (Å²) in [6.07, 6.45) is 0.439. The lowest BCUT2D eigenvalue weighted by Gasteiger charge is -2.26. The van der Waals surface area contributed by atoms with Gasteiger partial charge in [-0.3, -0.25) is 4.79 Å². The Morgan fingerprint density at radius 2 is 1.95 bits per heavy atom. The van der Waals surface area contributed by atoms with E-state index < -0.39 is 15.8 Å². The summed E-state index contributed by atoms with van der Waals surface area (Å²) < 4.78 is 28.0. The smallest absolute Gasteiger partial charge is 0.338 e. The fraction of sp³-hybridized carbons (Fsp3) is 0.467. The molecule has 1 aliphatic heterocycles. The molecule has 1 unspecified atom stereocenters. The van der Waals surface area contributed by atoms with Crippen molar-refractivity contribution in [2.45, 2.75) is 19.4 Å². The summed E-state index contributed by atoms with van der Waals surface area (Å²) in [4.78, 5) is 25.4. The van der Waals surface area contributed by atoms with Gasteiger partial charge >= 0.3 is 5.97 Å². The number of sulfone groups is 1. The maximum Gasteiger partial charge on any atom is 0.338 e. The van der Waals surface area contributed by atoms with Crippen molar-refractivity contribution in [3.8, 4) is 0 Å². The minimum atomic E-state index is -3.06. The normalized spacial score (nSPS) is 19.6. The molecule has 1 aliphatic rings. The zero-order chi connectivity index (χ0) is 16.2. The number of hydrogen-bond donors (Lipinski definition) is 0. The Balaban J connectivity index is 1.92. The fourth-order valence-corrected chi connectivity index (χ4v) is 4.26. The molecule has 7 heteroatoms. The summed E-state index contributed by atoms with van der Waals surface area (Å²) in [6.45, 7) is 1.79. The highest BCUT2D eigenvalue weighted by atomic mass is 32.2. The van der Waals surface area contributed by atoms with E-state index in [0.29, 0.717) is 18.5 Å². The Kier molecular flexibility index (Phi) is 5.18. The van der Waals surface area contributed by atoms with Crippen molar-refractivity contribution in [3.05, 3.63) is 35.9 Å². The number of ether oxygens (including phenoxy) is 1. The van der Waals surface area contributed by atoms with E-state index in [4.69, 9.17) is 4.74 Å². The second-order valence-electron chi connectivity index (χ2n) is 5.18. The molecule has 1 heterocycles. The Labute approximate surface area is 130 Å². The summed E-state index contributed by atoms with van der Waals surface area (Å²) in [6, 6.07) is 8.08. The lowest BCUT2D eigenvalue weighted by atomic mass is 10.2. The minimum absolute atomic E-state index is 0.0147. The Bertz CT molecular complexity index is 641. The predicted molar refractivity (Wildman–Crippen MR) is 81.2 cm³/mol. The van der Waals surface area contributed by atoms with Crippen LogP contribution in [0.25, 0.3) is 0 Å². The summed E-state index contributed by atoms with van der Waals surface area (Å²) in [5.41, 5.74) is 0.377. The van der Waals surface area contributed by atoms with Crippen molar-refractivity contribution in [1.29, 1.82) is 0 Å². The largest absolute Gasteiger partial charge is 0.452 e. The molecular weight excluding hydrogens is 306 g/mol. The van der Waals surface area contributed by atoms with Gasteiger partial charge in [0, 0.05) is 12.6 Å². The van der Waals surface area contributed by atoms with Crippen molar-refractivity contribution in [1.82, 2.24) is 4.90 Å². The van der Waals surface area contributed by atoms with Crippen molar-refractivity contribution in [2.24, 2.45) is 0 Å². The van der Waals surface area contributed by atoms with Gasteiger partial charge in [-0.05, 0) is 25.5 Å². The summed E-state index contributed by atoms with van der Waals surface area (Å²) >= 11 is 0. The van der Waals surface area contributed by atoms with Gasteiger partial charge in [0.15, 0.2) is 16.4 Å². The average molecular weight is 325 g/mol. The number of esters is 1. The van der Waals surface area contributed by atoms with Crippen LogP contribution in [0.2, 0.25) is 0 Å². The number of benzene rings is 1. The lowest BCUT2D eigenvalue weighted by molar-refractivity contribution is -0.136. The van der Waals surface area contributed by atoms with Crippen LogP contribution in [0.15, 0.2) is 30.3 Å². The molecule has 1 fully saturated rings. The first-order valence-corrected chi connectivity index (χ1v) is 8.97. The third-order valence-corrected chi connectivity index (χ3v) is 5.40. The highest BCUT2D eigenvalue weighted by Gasteiger charge is 2.34. The average Bonchev–Trinajstić information content (AvgIpc) is 2.86. The number of amides is 1. The predicted octanol–water partition coefficient (Wildman–Crippen LogP) is 0.879. The Morgan fingerprint density at radius 3 is 2.50 bits per heavy atom. The molecule has 6 nitrogen and oxygen atoms in total. The van der Waals surface area contributed by atoms with Gasteiger partial charge in [-0.25, -0.2) is 13.2 Å². The van der Waals surface area contributed by atoms with Crippen LogP contribution in [0.1, 0.15) is 23.7 Å². The van der Waals surface area contributed by atoms with Gasteiger partial charge < -0.3 is 9.64 Å². The van der Waals surface area contributed by atoms with Crippen LogP contribution in [0.3, 0.4) is 0 Å². The van der Waals surface area contributed by atoms with Gasteiger partial charge in [0.25, 0.3) is 5.91 Å². The van der Waals surface area contributed by atoms with Crippen LogP contribution in [-0.4, -0.2) is 55.9 Å². The molecule has 0 aromatic heterocycles. The summed E-state index contributed by atoms with van der Waals surface area (Å²) in [5.74, 6) is -0.845. The molecule has 0 N–H and O–H groups in total. The lowest BCUT2D eigenvalue weighted by Crippen LogP contribution is -2.43. The number of hydrogen-bond acceptors (Lipinski definition) is 5. The minimum Gasteiger partial charge on any atom is -0.452 e. The summed E-state index contributed by atoms with van der Waals surface area (Å²) in [7, 11) is -3.06. The second-order valence-corrected chi connectivity index (χ2v) is 7.41. The van der Waals surface area contributed by atoms with E-state index in [1.807, 2.05) is 0 Å². The molecule has 22 heavy (non-hydrogen) atoms. The highest BCUT2D eigenvalue weighted by Crippen LogP contribution is 2.18. The van der Waals surface area contributed by atoms with Crippen LogP contribution < -0.4 is 0 Å². The standard InChI is InChI=1S/C15H19NO5S/c1-2-16(13-8-9-22(19,20)11-13)14(17)10-21-15(18)12-6-4-3-5-7-12/h3-7,13H,2,8-11H2,1H3. The third kappa shape index (κ3) is 4.07. The van der Waals surface area contributed by atoms with Crippen molar-refractivity contribution in [2.75, 3.05) is 24.7 Å². The van der Waals surface area contributed by atoms with Gasteiger partial charge in [-0.2, -0.15) is 0 Å². The van der Waals surface area contributed by atoms with Gasteiger partial charge in [-0.1, -0.05) is 18.2 Å². The van der Waals surface area contributed by atoms with Crippen LogP contribution in [0.4, 0.5) is 0 Å². The Morgan fingerprint density at radius 1 is 1.27 bits per heavy atom. The van der Waals surface area contributed by atoms with E-state index in [-0.39, 0.29) is 30.1 Å². The molecule has 0 aliphatic carbocycles. The molecule has 0 bridgehead atoms. The SMILES string of the molecule is CCN(C(=O)COC(=O)c1ccccc1)C1CCS(=O)(=O)C1. The van der Waals surface area contributed by atoms with E-state index in [0.717, 1.165) is 0 Å². The second kappa shape index (κ2) is 6.91. The number of rotatable bonds is 5. The van der Waals surface area contributed by atoms with Gasteiger partial charge in [-0.15, -0.1) is 0 Å². The molecule has 1 aromatic carbocycles. The number of carbonyl (C=O) groups excluding carboxylic acids is 2. The van der Waals surface area contributed by atoms with E-state index in [2.05, 4.69) is 0 Å². The monoisotopic (exact) mass is 325 g/mol. The van der Waals surface area contributed by atoms with Crippen molar-refractivity contribution in [3.63, 3.8) is 0 Å². The fourth-order valence-electron chi connectivity index (χ4n) is 2.53. The van der Waals surface area contributed by atoms with Gasteiger partial charge in [0.2, 0.25) is 0 Å². The zero-order valence-electron chi connectivity index (χ0n) is 12.4. The molecule has 0 saturated carbocycles. The van der Waals surface area contributed by atoms with Crippen LogP contribution in [-0.2, 0) is 19.4 Å². The molecule has 0 spiro atoms. The van der Waals surface area contributed by atoms with Crippen molar-refractivity contribution < 1.29 is 22.7 Å². The van der Waals surface area contributed by atoms with E-state index in [9.17, 15) is 18.0 Å². The maximum atomic E-state index is 12.2. The van der Waals surface area contributed by atoms with E-state index in [1.54, 1.807) is 37.3 Å². The van der Waals surface area contributed by atoms with Gasteiger partial charge in [0.1, 0.15) is 0 Å². The highest BCUT2D eigenvalue weighted by molar-refractivity contribution is 7.91. The number of carbonyl (C=O) groups is 2. The molecule has 120 valence electrons. The van der Waals surface area contributed by atoms with E-state index in [1.165, 1.54) is 4.90 Å². The molecule has 1 atom stereocenters. The van der Waals surface area contributed by atoms with Crippen LogP contribution in [0, 0.1) is 0 Å². The van der Waals surface area contributed by atoms with E-state index >= 15 is 0 Å². The number of likely N-dealkylation sites (N-methyl/N-ethyl adjacent to an activating group) is 1. The topological polar surface area (TPSA) is 80.8 Å². The quantitative estimate of drug-likeness (QED) is 0.751. The zero-order valence-corrected chi connectivity index (χ0v) is 13.2. The first kappa shape index (κ1) is 16.5. The van der Waals surface area contributed by atoms with Crippen LogP contribution in [0.5, 0.6) is 0 Å². The number of nitrogens with zero attached hydrogens (tertiary/aromatic N) is 1. The summed E-state index contributed by atoms with van der Waals surface area (Å²) in [5, 5.41) is 0. The molecular formula is C15H19NO5S. The first-order chi connectivity index (χ1) is 10.4. The molecule has 1 aromatic rings. The van der Waals surface area contributed by atoms with Crippen molar-refractivity contribution >= 4 is 21.7 Å². The molecule has 1 saturated heterocycles. The first-order valence-electron chi connectivity index (χ1n) is 7.15. The van der Waals surface area contributed by atoms with Gasteiger partial charge in [0.05, 0.1) is 17.1 Å². The Hall–Kier alpha value is -1.89. The molecule has 1 amide bonds.